The topological polar surface area (TPSA) is 389 Å². The highest BCUT2D eigenvalue weighted by atomic mass is 16.6. The molecule has 107 heavy (non-hydrogen) atoms. The smallest absolute Gasteiger partial charge is 0.341 e. The first-order valence-electron chi connectivity index (χ1n) is 37.2. The Hall–Kier alpha value is -3.73. The summed E-state index contributed by atoms with van der Waals surface area (Å²) in [7, 11) is 1.64. The number of carbonyl (C=O) groups is 3. The van der Waals surface area contributed by atoms with E-state index in [9.17, 15) is 14.4 Å². The summed E-state index contributed by atoms with van der Waals surface area (Å²) in [6, 6.07) is 5.71. The van der Waals surface area contributed by atoms with Crippen LogP contribution in [-0.2, 0) is 153 Å². The van der Waals surface area contributed by atoms with Gasteiger partial charge in [-0.2, -0.15) is 0 Å². The first kappa shape index (κ1) is 101. The van der Waals surface area contributed by atoms with E-state index in [4.69, 9.17) is 148 Å². The average Bonchev–Trinajstić information content (AvgIpc) is 0.878. The number of amides is 2. The SMILES string of the molecule is COCCOCCOCCOCCOCCOCCOCCOCCOCCOCCOCCOCCOCCOCCOCCOCCOCCOCCOCCOCCOCCOCCOCCOCCNC(=O)C(Cc1ccc(OCC(=O)O)cc1)NC(=O)CCOCCOCCOCCOCCN. The molecule has 0 aromatic heterocycles. The van der Waals surface area contributed by atoms with Gasteiger partial charge >= 0.3 is 5.97 Å². The highest BCUT2D eigenvalue weighted by Gasteiger charge is 2.21. The molecule has 1 rings (SSSR count). The van der Waals surface area contributed by atoms with Crippen molar-refractivity contribution in [2.45, 2.75) is 18.9 Å². The molecule has 0 radical (unpaired) electrons. The Morgan fingerprint density at radius 3 is 0.748 bits per heavy atom. The van der Waals surface area contributed by atoms with Gasteiger partial charge < -0.3 is 159 Å². The summed E-state index contributed by atoms with van der Waals surface area (Å²) in [6.07, 6.45) is 0.204. The van der Waals surface area contributed by atoms with E-state index >= 15 is 0 Å². The lowest BCUT2D eigenvalue weighted by atomic mass is 10.0. The standard InChI is InChI=1S/C71H133N3O33/c1-79-12-13-83-20-21-87-26-27-89-30-31-91-34-35-93-38-39-95-42-43-97-46-47-99-50-51-101-54-55-103-58-59-105-62-63-106-61-60-104-57-56-102-53-52-100-49-48-98-45-44-96-41-40-94-37-36-92-33-32-90-29-28-88-25-24-86-19-16-82-11-8-73-71(78)68(64-66-2-4-67(5-3-66)107-65-70(76)77)74-69(75)6-9-80-14-17-84-22-23-85-18-15-81-10-7-72/h2-5,68H,6-65,72H2,1H3,(H,73,78)(H,74,75)(H,76,77). The average molecular weight is 1560 g/mol. The first-order valence-corrected chi connectivity index (χ1v) is 37.2. The molecule has 1 unspecified atom stereocenters. The monoisotopic (exact) mass is 1560 g/mol. The van der Waals surface area contributed by atoms with E-state index < -0.39 is 24.5 Å². The van der Waals surface area contributed by atoms with Crippen molar-refractivity contribution in [1.82, 2.24) is 10.6 Å². The number of aliphatic carboxylic acids is 1. The number of nitrogens with two attached hydrogens (primary N) is 1. The fraction of sp³-hybridized carbons (Fsp3) is 0.873. The second kappa shape index (κ2) is 87.8. The lowest BCUT2D eigenvalue weighted by Gasteiger charge is -2.19. The van der Waals surface area contributed by atoms with Crippen molar-refractivity contribution >= 4 is 17.8 Å². The summed E-state index contributed by atoms with van der Waals surface area (Å²) in [5.41, 5.74) is 6.10. The molecule has 0 aliphatic rings. The van der Waals surface area contributed by atoms with Gasteiger partial charge in [0.2, 0.25) is 11.8 Å². The molecule has 1 aromatic carbocycles. The van der Waals surface area contributed by atoms with Crippen LogP contribution in [0.5, 0.6) is 5.75 Å². The number of hydrogen-bond donors (Lipinski definition) is 4. The summed E-state index contributed by atoms with van der Waals surface area (Å²) in [5, 5.41) is 14.5. The van der Waals surface area contributed by atoms with Crippen molar-refractivity contribution in [2.24, 2.45) is 5.73 Å². The third-order valence-corrected chi connectivity index (χ3v) is 13.4. The molecule has 0 fully saturated rings. The number of ether oxygens (including phenoxy) is 29. The minimum atomic E-state index is -1.10. The number of rotatable bonds is 93. The molecular formula is C71H133N3O33. The second-order valence-electron chi connectivity index (χ2n) is 22.0. The Balaban J connectivity index is 1.77. The third-order valence-electron chi connectivity index (χ3n) is 13.4. The van der Waals surface area contributed by atoms with Gasteiger partial charge in [-0.15, -0.1) is 0 Å². The zero-order valence-corrected chi connectivity index (χ0v) is 63.9. The van der Waals surface area contributed by atoms with E-state index in [1.165, 1.54) is 0 Å². The van der Waals surface area contributed by atoms with Crippen molar-refractivity contribution in [2.75, 3.05) is 390 Å². The van der Waals surface area contributed by atoms with Gasteiger partial charge in [0.1, 0.15) is 11.8 Å². The second-order valence-corrected chi connectivity index (χ2v) is 22.0. The fourth-order valence-electron chi connectivity index (χ4n) is 8.04. The van der Waals surface area contributed by atoms with Crippen molar-refractivity contribution < 1.29 is 157 Å². The van der Waals surface area contributed by atoms with Crippen molar-refractivity contribution in [3.63, 3.8) is 0 Å². The Morgan fingerprint density at radius 2 is 0.523 bits per heavy atom. The zero-order chi connectivity index (χ0) is 76.6. The lowest BCUT2D eigenvalue weighted by Crippen LogP contribution is -2.48. The number of carboxylic acids is 1. The molecule has 5 N–H and O–H groups in total. The van der Waals surface area contributed by atoms with Gasteiger partial charge in [-0.05, 0) is 17.7 Å². The number of carbonyl (C=O) groups excluding carboxylic acids is 2. The lowest BCUT2D eigenvalue weighted by molar-refractivity contribution is -0.139. The Kier molecular flexibility index (Phi) is 83.1. The first-order chi connectivity index (χ1) is 53.0. The highest BCUT2D eigenvalue weighted by molar-refractivity contribution is 5.87. The maximum absolute atomic E-state index is 13.2. The molecule has 36 heteroatoms. The van der Waals surface area contributed by atoms with Gasteiger partial charge in [0.05, 0.1) is 363 Å². The van der Waals surface area contributed by atoms with Crippen LogP contribution in [-0.4, -0.2) is 419 Å². The van der Waals surface area contributed by atoms with Crippen LogP contribution in [0.4, 0.5) is 0 Å². The normalized spacial score (nSPS) is 11.9. The zero-order valence-electron chi connectivity index (χ0n) is 63.9. The van der Waals surface area contributed by atoms with E-state index in [-0.39, 0.29) is 45.1 Å². The number of nitrogens with one attached hydrogen (secondary N) is 2. The molecule has 36 nitrogen and oxygen atoms in total. The molecule has 1 atom stereocenters. The van der Waals surface area contributed by atoms with E-state index in [0.717, 1.165) is 5.56 Å². The Bertz CT molecular complexity index is 1960. The van der Waals surface area contributed by atoms with E-state index in [2.05, 4.69) is 10.6 Å². The molecule has 0 spiro atoms. The molecule has 1 aromatic rings. The largest absolute Gasteiger partial charge is 0.482 e. The van der Waals surface area contributed by atoms with Crippen LogP contribution >= 0.6 is 0 Å². The summed E-state index contributed by atoms with van der Waals surface area (Å²) in [5.74, 6) is -1.51. The summed E-state index contributed by atoms with van der Waals surface area (Å²) >= 11 is 0. The predicted molar refractivity (Wildman–Crippen MR) is 386 cm³/mol. The molecule has 0 saturated carbocycles. The quantitative estimate of drug-likeness (QED) is 0.0610. The van der Waals surface area contributed by atoms with Crippen LogP contribution in [0.1, 0.15) is 12.0 Å². The minimum Gasteiger partial charge on any atom is -0.482 e. The van der Waals surface area contributed by atoms with E-state index in [0.29, 0.717) is 356 Å². The molecular weight excluding hydrogens is 1420 g/mol. The predicted octanol–water partition coefficient (Wildman–Crippen LogP) is -0.263. The third kappa shape index (κ3) is 81.6. The van der Waals surface area contributed by atoms with Crippen LogP contribution < -0.4 is 21.1 Å². The van der Waals surface area contributed by atoms with Crippen molar-refractivity contribution in [3.05, 3.63) is 29.8 Å². The van der Waals surface area contributed by atoms with Crippen LogP contribution in [0, 0.1) is 0 Å². The molecule has 0 saturated heterocycles. The van der Waals surface area contributed by atoms with Gasteiger partial charge in [-0.25, -0.2) is 4.79 Å². The highest BCUT2D eigenvalue weighted by Crippen LogP contribution is 2.14. The molecule has 2 amide bonds. The van der Waals surface area contributed by atoms with Crippen LogP contribution in [0.15, 0.2) is 24.3 Å². The molecule has 0 aliphatic carbocycles. The number of methoxy groups -OCH3 is 1. The maximum atomic E-state index is 13.2. The van der Waals surface area contributed by atoms with Gasteiger partial charge in [0, 0.05) is 33.0 Å². The summed E-state index contributed by atoms with van der Waals surface area (Å²) in [4.78, 5) is 37.0. The molecule has 0 heterocycles. The summed E-state index contributed by atoms with van der Waals surface area (Å²) < 4.78 is 159. The van der Waals surface area contributed by atoms with Crippen LogP contribution in [0.2, 0.25) is 0 Å². The van der Waals surface area contributed by atoms with Gasteiger partial charge in [0.15, 0.2) is 6.61 Å². The van der Waals surface area contributed by atoms with Gasteiger partial charge in [-0.3, -0.25) is 9.59 Å². The molecule has 0 aliphatic heterocycles. The maximum Gasteiger partial charge on any atom is 0.341 e. The number of carboxylic acid groups (broad SMARTS) is 1. The van der Waals surface area contributed by atoms with E-state index in [1.54, 1.807) is 31.4 Å². The number of hydrogen-bond acceptors (Lipinski definition) is 33. The van der Waals surface area contributed by atoms with Crippen LogP contribution in [0.25, 0.3) is 0 Å². The van der Waals surface area contributed by atoms with E-state index in [1.807, 2.05) is 0 Å². The van der Waals surface area contributed by atoms with Crippen molar-refractivity contribution in [1.29, 1.82) is 0 Å². The Morgan fingerprint density at radius 1 is 0.308 bits per heavy atom. The van der Waals surface area contributed by atoms with Gasteiger partial charge in [0.25, 0.3) is 0 Å². The molecule has 630 valence electrons. The fourth-order valence-corrected chi connectivity index (χ4v) is 8.04. The van der Waals surface area contributed by atoms with Crippen LogP contribution in [0.3, 0.4) is 0 Å². The number of benzene rings is 1. The van der Waals surface area contributed by atoms with Gasteiger partial charge in [-0.1, -0.05) is 12.1 Å². The molecule has 0 bridgehead atoms. The minimum absolute atomic E-state index is 0.0293. The summed E-state index contributed by atoms with van der Waals surface area (Å²) in [6.45, 7) is 24.9. The van der Waals surface area contributed by atoms with Crippen molar-refractivity contribution in [3.8, 4) is 5.75 Å². The Labute approximate surface area is 633 Å².